The maximum Gasteiger partial charge on any atom is 0.243 e. The fourth-order valence-electron chi connectivity index (χ4n) is 3.50. The third-order valence-corrected chi connectivity index (χ3v) is 5.53. The van der Waals surface area contributed by atoms with E-state index < -0.39 is 0 Å². The molecular weight excluding hydrogens is 380 g/mol. The van der Waals surface area contributed by atoms with Crippen molar-refractivity contribution >= 4 is 11.8 Å². The Kier molecular flexibility index (Phi) is 15.9. The van der Waals surface area contributed by atoms with E-state index in [4.69, 9.17) is 10.2 Å². The summed E-state index contributed by atoms with van der Waals surface area (Å²) in [4.78, 5) is 24.0. The molecule has 1 saturated carbocycles. The molecule has 1 aliphatic rings. The number of amides is 2. The van der Waals surface area contributed by atoms with Gasteiger partial charge in [-0.15, -0.1) is 0 Å². The number of aliphatic hydroxyl groups excluding tert-OH is 2. The molecule has 2 atom stereocenters. The number of hydrogen-bond acceptors (Lipinski definition) is 4. The molecule has 172 valence electrons. The van der Waals surface area contributed by atoms with Crippen molar-refractivity contribution in [2.75, 3.05) is 13.2 Å². The summed E-state index contributed by atoms with van der Waals surface area (Å²) in [6.45, 7) is 0.539. The van der Waals surface area contributed by atoms with E-state index in [9.17, 15) is 9.59 Å². The molecule has 0 spiro atoms. The molecule has 1 aliphatic carbocycles. The first-order chi connectivity index (χ1) is 14.7. The number of carbonyl (C=O) groups is 2. The Labute approximate surface area is 182 Å². The van der Waals surface area contributed by atoms with Gasteiger partial charge in [0.25, 0.3) is 0 Å². The minimum Gasteiger partial charge on any atom is -0.396 e. The molecule has 30 heavy (non-hydrogen) atoms. The van der Waals surface area contributed by atoms with Gasteiger partial charge in [0.15, 0.2) is 0 Å². The molecular formula is C24H42N2O4. The maximum absolute atomic E-state index is 12.0. The SMILES string of the molecule is O=C(C=CCCCCCCCO)N[C@@H]1CC[C@H]1NC(=O)C=CCCCCCCCO. The van der Waals surface area contributed by atoms with Crippen LogP contribution in [0.1, 0.15) is 89.9 Å². The molecule has 0 aliphatic heterocycles. The number of carbonyl (C=O) groups excluding carboxylic acids is 2. The summed E-state index contributed by atoms with van der Waals surface area (Å²) < 4.78 is 0. The molecule has 0 aromatic carbocycles. The number of aliphatic hydroxyl groups is 2. The summed E-state index contributed by atoms with van der Waals surface area (Å²) >= 11 is 0. The minimum absolute atomic E-state index is 0.0181. The Morgan fingerprint density at radius 2 is 1.00 bits per heavy atom. The molecule has 0 unspecified atom stereocenters. The molecule has 0 aromatic rings. The molecule has 0 saturated heterocycles. The van der Waals surface area contributed by atoms with E-state index in [-0.39, 0.29) is 37.1 Å². The average molecular weight is 423 g/mol. The molecule has 0 bridgehead atoms. The Morgan fingerprint density at radius 3 is 1.37 bits per heavy atom. The van der Waals surface area contributed by atoms with E-state index >= 15 is 0 Å². The van der Waals surface area contributed by atoms with E-state index in [0.717, 1.165) is 89.9 Å². The second-order valence-electron chi connectivity index (χ2n) is 8.17. The van der Waals surface area contributed by atoms with Gasteiger partial charge >= 0.3 is 0 Å². The van der Waals surface area contributed by atoms with Gasteiger partial charge < -0.3 is 20.8 Å². The van der Waals surface area contributed by atoms with E-state index in [1.54, 1.807) is 12.2 Å². The van der Waals surface area contributed by atoms with Crippen LogP contribution in [0.5, 0.6) is 0 Å². The lowest BCUT2D eigenvalue weighted by atomic mass is 9.86. The number of allylic oxidation sites excluding steroid dienone is 2. The molecule has 0 heterocycles. The normalized spacial score (nSPS) is 18.6. The lowest BCUT2D eigenvalue weighted by molar-refractivity contribution is -0.121. The van der Waals surface area contributed by atoms with E-state index in [2.05, 4.69) is 10.6 Å². The first kappa shape index (κ1) is 26.4. The fourth-order valence-corrected chi connectivity index (χ4v) is 3.50. The summed E-state index contributed by atoms with van der Waals surface area (Å²) in [5.41, 5.74) is 0. The van der Waals surface area contributed by atoms with E-state index in [1.165, 1.54) is 0 Å². The van der Waals surface area contributed by atoms with Crippen molar-refractivity contribution in [1.29, 1.82) is 0 Å². The highest BCUT2D eigenvalue weighted by atomic mass is 16.3. The monoisotopic (exact) mass is 422 g/mol. The summed E-state index contributed by atoms with van der Waals surface area (Å²) in [6.07, 6.45) is 21.1. The Balaban J connectivity index is 2.08. The van der Waals surface area contributed by atoms with Crippen LogP contribution in [0.3, 0.4) is 0 Å². The van der Waals surface area contributed by atoms with Crippen LogP contribution in [-0.4, -0.2) is 47.3 Å². The number of nitrogens with one attached hydrogen (secondary N) is 2. The standard InChI is InChI=1S/C24H42N2O4/c27-19-13-9-5-1-3-7-11-15-23(29)25-21-17-18-22(21)26-24(30)16-12-8-4-2-6-10-14-20-28/h11-12,15-16,21-22,27-28H,1-10,13-14,17-20H2,(H,25,29)(H,26,30)/t21-,22-/m1/s1. The first-order valence-corrected chi connectivity index (χ1v) is 11.8. The molecule has 6 heteroatoms. The third-order valence-electron chi connectivity index (χ3n) is 5.53. The Bertz CT molecular complexity index is 473. The Hall–Kier alpha value is -1.66. The predicted molar refractivity (Wildman–Crippen MR) is 121 cm³/mol. The topological polar surface area (TPSA) is 98.7 Å². The van der Waals surface area contributed by atoms with Gasteiger partial charge in [-0.1, -0.05) is 50.7 Å². The number of unbranched alkanes of at least 4 members (excludes halogenated alkanes) is 10. The molecule has 0 aromatic heterocycles. The van der Waals surface area contributed by atoms with Crippen LogP contribution in [0, 0.1) is 0 Å². The van der Waals surface area contributed by atoms with Crippen LogP contribution in [0.25, 0.3) is 0 Å². The van der Waals surface area contributed by atoms with Crippen molar-refractivity contribution in [3.05, 3.63) is 24.3 Å². The van der Waals surface area contributed by atoms with Crippen LogP contribution >= 0.6 is 0 Å². The van der Waals surface area contributed by atoms with Gasteiger partial charge in [-0.3, -0.25) is 9.59 Å². The van der Waals surface area contributed by atoms with Gasteiger partial charge in [-0.2, -0.15) is 0 Å². The fraction of sp³-hybridized carbons (Fsp3) is 0.750. The van der Waals surface area contributed by atoms with Crippen molar-refractivity contribution in [2.24, 2.45) is 0 Å². The third kappa shape index (κ3) is 13.5. The highest BCUT2D eigenvalue weighted by molar-refractivity contribution is 5.89. The molecule has 4 N–H and O–H groups in total. The summed E-state index contributed by atoms with van der Waals surface area (Å²) in [6, 6.07) is 0.0361. The molecule has 6 nitrogen and oxygen atoms in total. The van der Waals surface area contributed by atoms with Gasteiger partial charge in [-0.05, 0) is 63.5 Å². The lowest BCUT2D eigenvalue weighted by Crippen LogP contribution is -2.57. The lowest BCUT2D eigenvalue weighted by Gasteiger charge is -2.37. The number of hydrogen-bond donors (Lipinski definition) is 4. The van der Waals surface area contributed by atoms with Crippen molar-refractivity contribution in [3.8, 4) is 0 Å². The van der Waals surface area contributed by atoms with Crippen LogP contribution < -0.4 is 10.6 Å². The largest absolute Gasteiger partial charge is 0.396 e. The highest BCUT2D eigenvalue weighted by Gasteiger charge is 2.32. The molecule has 2 amide bonds. The minimum atomic E-state index is -0.0871. The molecule has 1 rings (SSSR count). The maximum atomic E-state index is 12.0. The van der Waals surface area contributed by atoms with Crippen LogP contribution in [0.2, 0.25) is 0 Å². The van der Waals surface area contributed by atoms with Crippen LogP contribution in [0.4, 0.5) is 0 Å². The molecule has 1 fully saturated rings. The van der Waals surface area contributed by atoms with E-state index in [0.29, 0.717) is 0 Å². The molecule has 0 radical (unpaired) electrons. The number of rotatable bonds is 18. The average Bonchev–Trinajstić information content (AvgIpc) is 2.73. The van der Waals surface area contributed by atoms with Gasteiger partial charge in [0.2, 0.25) is 11.8 Å². The van der Waals surface area contributed by atoms with Gasteiger partial charge in [0, 0.05) is 25.3 Å². The van der Waals surface area contributed by atoms with Crippen molar-refractivity contribution in [3.63, 3.8) is 0 Å². The van der Waals surface area contributed by atoms with Crippen LogP contribution in [0.15, 0.2) is 24.3 Å². The zero-order valence-electron chi connectivity index (χ0n) is 18.5. The Morgan fingerprint density at radius 1 is 0.633 bits per heavy atom. The smallest absolute Gasteiger partial charge is 0.243 e. The second-order valence-corrected chi connectivity index (χ2v) is 8.17. The summed E-state index contributed by atoms with van der Waals surface area (Å²) in [5.74, 6) is -0.174. The first-order valence-electron chi connectivity index (χ1n) is 11.8. The zero-order chi connectivity index (χ0) is 21.9. The van der Waals surface area contributed by atoms with Gasteiger partial charge in [0.05, 0.1) is 0 Å². The zero-order valence-corrected chi connectivity index (χ0v) is 18.5. The highest BCUT2D eigenvalue weighted by Crippen LogP contribution is 2.20. The quantitative estimate of drug-likeness (QED) is 0.201. The van der Waals surface area contributed by atoms with Crippen molar-refractivity contribution < 1.29 is 19.8 Å². The van der Waals surface area contributed by atoms with E-state index in [1.807, 2.05) is 12.2 Å². The van der Waals surface area contributed by atoms with Crippen LogP contribution in [-0.2, 0) is 9.59 Å². The van der Waals surface area contributed by atoms with Gasteiger partial charge in [-0.25, -0.2) is 0 Å². The van der Waals surface area contributed by atoms with Gasteiger partial charge in [0.1, 0.15) is 0 Å². The second kappa shape index (κ2) is 18.1. The summed E-state index contributed by atoms with van der Waals surface area (Å²) in [5, 5.41) is 23.4. The van der Waals surface area contributed by atoms with Crippen molar-refractivity contribution in [1.82, 2.24) is 10.6 Å². The summed E-state index contributed by atoms with van der Waals surface area (Å²) in [7, 11) is 0. The van der Waals surface area contributed by atoms with Crippen molar-refractivity contribution in [2.45, 2.75) is 102 Å². The predicted octanol–water partition coefficient (Wildman–Crippen LogP) is 3.53.